The molecule has 2 aliphatic rings. The topological polar surface area (TPSA) is 38.5 Å². The molecule has 3 aromatic heterocycles. The molecular weight excluding hydrogens is 927 g/mol. The normalized spacial score (nSPS) is 12.8. The van der Waals surface area contributed by atoms with E-state index in [0.717, 1.165) is 56.5 Å². The maximum atomic E-state index is 7.03. The van der Waals surface area contributed by atoms with Crippen LogP contribution in [0.2, 0.25) is 0 Å². The molecule has 10 aromatic carbocycles. The van der Waals surface area contributed by atoms with E-state index in [1.807, 2.05) is 6.20 Å². The van der Waals surface area contributed by atoms with Gasteiger partial charge in [-0.25, -0.2) is 4.98 Å². The Kier molecular flexibility index (Phi) is 9.79. The highest BCUT2D eigenvalue weighted by atomic mass is 16.5. The smallest absolute Gasteiger partial charge is 0.137 e. The van der Waals surface area contributed by atoms with E-state index in [9.17, 15) is 0 Å². The zero-order valence-corrected chi connectivity index (χ0v) is 42.4. The van der Waals surface area contributed by atoms with E-state index in [0.29, 0.717) is 6.67 Å². The summed E-state index contributed by atoms with van der Waals surface area (Å²) in [5.74, 6) is 2.36. The number of fused-ring (bicyclic) bond motifs is 13. The van der Waals surface area contributed by atoms with Gasteiger partial charge in [0.05, 0.1) is 44.8 Å². The van der Waals surface area contributed by atoms with Crippen molar-refractivity contribution < 1.29 is 4.74 Å². The molecule has 5 heterocycles. The van der Waals surface area contributed by atoms with Crippen molar-refractivity contribution in [2.24, 2.45) is 0 Å². The summed E-state index contributed by atoms with van der Waals surface area (Å²) in [4.78, 5) is 10.0. The second-order valence-electron chi connectivity index (χ2n) is 21.1. The Morgan fingerprint density at radius 3 is 1.83 bits per heavy atom. The van der Waals surface area contributed by atoms with E-state index in [2.05, 4.69) is 276 Å². The van der Waals surface area contributed by atoms with E-state index >= 15 is 0 Å². The van der Waals surface area contributed by atoms with Crippen molar-refractivity contribution in [2.45, 2.75) is 26.2 Å². The first-order valence-corrected chi connectivity index (χ1v) is 26.2. The van der Waals surface area contributed by atoms with Gasteiger partial charge in [-0.05, 0) is 100.0 Å². The molecule has 362 valence electrons. The lowest BCUT2D eigenvalue weighted by Crippen LogP contribution is -2.24. The number of anilines is 4. The largest absolute Gasteiger partial charge is 0.457 e. The molecule has 0 unspecified atom stereocenters. The van der Waals surface area contributed by atoms with Crippen LogP contribution in [0.3, 0.4) is 0 Å². The first kappa shape index (κ1) is 43.9. The number of rotatable bonds is 7. The fourth-order valence-corrected chi connectivity index (χ4v) is 12.3. The number of hydrogen-bond acceptors (Lipinski definition) is 4. The summed E-state index contributed by atoms with van der Waals surface area (Å²) in [5.41, 5.74) is 20.9. The van der Waals surface area contributed by atoms with Crippen molar-refractivity contribution in [1.29, 1.82) is 0 Å². The van der Waals surface area contributed by atoms with Crippen molar-refractivity contribution in [1.82, 2.24) is 14.1 Å². The van der Waals surface area contributed by atoms with Crippen molar-refractivity contribution >= 4 is 66.4 Å². The SMILES string of the molecule is CC(C)(C)c1ccnc(-n2c3cc(Oc4cccc(N5CN(c6c(-c7ccccc7)cccc6-c6ccccc6)c6ccccc65)c4)ccc3c3c4c(ccc32)-n2c3ccccc3c3cccc(c32)-c2ccccc2-4)c1. The van der Waals surface area contributed by atoms with Crippen LogP contribution in [0.25, 0.3) is 99.6 Å². The van der Waals surface area contributed by atoms with Gasteiger partial charge in [-0.1, -0.05) is 178 Å². The van der Waals surface area contributed by atoms with Gasteiger partial charge in [-0.3, -0.25) is 4.57 Å². The zero-order chi connectivity index (χ0) is 50.6. The standard InChI is InChI=1S/C70H51N5O/c1-70(2,3)47-39-40-71-65(41-47)74-62-37-38-63-66(55-27-11-10-25-53(55)56-30-18-31-57-54-26-12-13-32-59(54)75(63)69(56)57)67(62)58-36-35-50(43-64(58)74)76-49-24-16-23-48(42-49)72-44-73(61-34-15-14-33-60(61)72)68-51(45-19-6-4-7-20-45)28-17-29-52(68)46-21-8-5-9-22-46/h4-43H,44H2,1-3H3. The monoisotopic (exact) mass is 977 g/mol. The molecule has 6 heteroatoms. The fraction of sp³-hybridized carbons (Fsp3) is 0.0714. The Hall–Kier alpha value is -9.65. The van der Waals surface area contributed by atoms with Gasteiger partial charge in [0.1, 0.15) is 24.0 Å². The summed E-state index contributed by atoms with van der Waals surface area (Å²) >= 11 is 0. The zero-order valence-electron chi connectivity index (χ0n) is 42.4. The molecule has 0 bridgehead atoms. The molecule has 0 N–H and O–H groups in total. The number of para-hydroxylation sites is 5. The van der Waals surface area contributed by atoms with Gasteiger partial charge in [-0.2, -0.15) is 0 Å². The maximum Gasteiger partial charge on any atom is 0.137 e. The van der Waals surface area contributed by atoms with Gasteiger partial charge >= 0.3 is 0 Å². The predicted molar refractivity (Wildman–Crippen MR) is 315 cm³/mol. The molecule has 0 atom stereocenters. The van der Waals surface area contributed by atoms with E-state index in [1.54, 1.807) is 0 Å². The molecule has 0 saturated heterocycles. The number of aromatic nitrogens is 3. The number of ether oxygens (including phenoxy) is 1. The molecule has 76 heavy (non-hydrogen) atoms. The number of pyridine rings is 1. The third kappa shape index (κ3) is 6.77. The Labute approximate surface area is 441 Å². The molecule has 0 radical (unpaired) electrons. The second-order valence-corrected chi connectivity index (χ2v) is 21.1. The first-order valence-electron chi connectivity index (χ1n) is 26.2. The van der Waals surface area contributed by atoms with Gasteiger partial charge in [0.15, 0.2) is 0 Å². The van der Waals surface area contributed by atoms with Crippen LogP contribution in [0.5, 0.6) is 11.5 Å². The van der Waals surface area contributed by atoms with Crippen molar-refractivity contribution in [3.8, 4) is 67.5 Å². The highest BCUT2D eigenvalue weighted by molar-refractivity contribution is 6.23. The van der Waals surface area contributed by atoms with Gasteiger partial charge in [0, 0.05) is 67.8 Å². The van der Waals surface area contributed by atoms with Crippen LogP contribution in [0.15, 0.2) is 243 Å². The summed E-state index contributed by atoms with van der Waals surface area (Å²) in [6.45, 7) is 7.40. The minimum atomic E-state index is -0.0826. The third-order valence-electron chi connectivity index (χ3n) is 15.7. The van der Waals surface area contributed by atoms with E-state index in [1.165, 1.54) is 83.0 Å². The predicted octanol–water partition coefficient (Wildman–Crippen LogP) is 18.6. The summed E-state index contributed by atoms with van der Waals surface area (Å²) in [6, 6.07) is 85.6. The molecule has 15 rings (SSSR count). The number of nitrogens with zero attached hydrogens (tertiary/aromatic N) is 5. The number of hydrogen-bond donors (Lipinski definition) is 0. The molecular formula is C70H51N5O. The summed E-state index contributed by atoms with van der Waals surface area (Å²) in [5, 5.41) is 4.81. The van der Waals surface area contributed by atoms with Crippen LogP contribution in [-0.2, 0) is 5.41 Å². The summed E-state index contributed by atoms with van der Waals surface area (Å²) in [7, 11) is 0. The van der Waals surface area contributed by atoms with Crippen molar-refractivity contribution in [2.75, 3.05) is 16.5 Å². The van der Waals surface area contributed by atoms with E-state index in [-0.39, 0.29) is 5.41 Å². The third-order valence-corrected chi connectivity index (χ3v) is 15.7. The minimum Gasteiger partial charge on any atom is -0.457 e. The lowest BCUT2D eigenvalue weighted by atomic mass is 9.88. The van der Waals surface area contributed by atoms with Crippen LogP contribution in [0.1, 0.15) is 26.3 Å². The Morgan fingerprint density at radius 1 is 0.421 bits per heavy atom. The van der Waals surface area contributed by atoms with E-state index in [4.69, 9.17) is 9.72 Å². The molecule has 0 fully saturated rings. The Balaban J connectivity index is 0.880. The molecule has 2 aliphatic heterocycles. The average Bonchev–Trinajstić information content (AvgIpc) is 4.32. The van der Waals surface area contributed by atoms with Gasteiger partial charge < -0.3 is 19.1 Å². The summed E-state index contributed by atoms with van der Waals surface area (Å²) in [6.07, 6.45) is 1.96. The lowest BCUT2D eigenvalue weighted by Gasteiger charge is -2.27. The second kappa shape index (κ2) is 17.0. The van der Waals surface area contributed by atoms with Gasteiger partial charge in [0.2, 0.25) is 0 Å². The number of benzene rings is 10. The first-order chi connectivity index (χ1) is 37.4. The van der Waals surface area contributed by atoms with Crippen LogP contribution in [-0.4, -0.2) is 20.8 Å². The van der Waals surface area contributed by atoms with Gasteiger partial charge in [0.25, 0.3) is 0 Å². The Bertz CT molecular complexity index is 4410. The minimum absolute atomic E-state index is 0.0826. The van der Waals surface area contributed by atoms with Crippen LogP contribution >= 0.6 is 0 Å². The molecule has 0 saturated carbocycles. The van der Waals surface area contributed by atoms with Crippen LogP contribution < -0.4 is 14.5 Å². The maximum absolute atomic E-state index is 7.03. The highest BCUT2D eigenvalue weighted by Crippen LogP contribution is 2.53. The fourth-order valence-electron chi connectivity index (χ4n) is 12.3. The summed E-state index contributed by atoms with van der Waals surface area (Å²) < 4.78 is 11.9. The average molecular weight is 978 g/mol. The molecule has 0 amide bonds. The van der Waals surface area contributed by atoms with Gasteiger partial charge in [-0.15, -0.1) is 0 Å². The Morgan fingerprint density at radius 2 is 1.05 bits per heavy atom. The van der Waals surface area contributed by atoms with Crippen LogP contribution in [0.4, 0.5) is 22.7 Å². The molecule has 6 nitrogen and oxygen atoms in total. The van der Waals surface area contributed by atoms with E-state index < -0.39 is 0 Å². The highest BCUT2D eigenvalue weighted by Gasteiger charge is 2.32. The molecule has 0 aliphatic carbocycles. The van der Waals surface area contributed by atoms with Crippen LogP contribution in [0, 0.1) is 0 Å². The quantitative estimate of drug-likeness (QED) is 0.160. The lowest BCUT2D eigenvalue weighted by molar-refractivity contribution is 0.483. The molecule has 13 aromatic rings. The molecule has 0 spiro atoms. The van der Waals surface area contributed by atoms with Crippen molar-refractivity contribution in [3.63, 3.8) is 0 Å². The van der Waals surface area contributed by atoms with Crippen molar-refractivity contribution in [3.05, 3.63) is 248 Å².